The quantitative estimate of drug-likeness (QED) is 0.302. The molecule has 1 heterocycles. The smallest absolute Gasteiger partial charge is 0.0352 e. The van der Waals surface area contributed by atoms with E-state index in [9.17, 15) is 0 Å². The number of nitrogens with zero attached hydrogens (tertiary/aromatic N) is 1. The van der Waals surface area contributed by atoms with E-state index in [0.717, 1.165) is 0 Å². The van der Waals surface area contributed by atoms with Crippen LogP contribution in [-0.4, -0.2) is 4.98 Å². The van der Waals surface area contributed by atoms with Crippen molar-refractivity contribution in [1.82, 2.24) is 4.98 Å². The van der Waals surface area contributed by atoms with Crippen molar-refractivity contribution in [3.05, 3.63) is 91.3 Å². The van der Waals surface area contributed by atoms with Crippen LogP contribution < -0.4 is 0 Å². The van der Waals surface area contributed by atoms with E-state index >= 15 is 0 Å². The summed E-state index contributed by atoms with van der Waals surface area (Å²) < 4.78 is 0. The van der Waals surface area contributed by atoms with Crippen LogP contribution >= 0.6 is 0 Å². The third-order valence-corrected chi connectivity index (χ3v) is 5.50. The molecule has 0 unspecified atom stereocenters. The Morgan fingerprint density at radius 3 is 2.00 bits per heavy atom. The van der Waals surface area contributed by atoms with E-state index in [1.807, 2.05) is 12.4 Å². The molecule has 0 saturated carbocycles. The number of pyridine rings is 1. The normalized spacial score (nSPS) is 11.8. The zero-order valence-corrected chi connectivity index (χ0v) is 14.1. The standard InChI is InChI=1S/C25H15N/c1-4-17-7-8-19-9-11-21(22-12-10-18(5-1)24(17)25(19)22)20-6-2-3-16-13-14-26-15-23(16)20/h1-15H. The van der Waals surface area contributed by atoms with Gasteiger partial charge in [-0.15, -0.1) is 0 Å². The predicted octanol–water partition coefficient (Wildman–Crippen LogP) is 6.80. The molecule has 0 radical (unpaired) electrons. The highest BCUT2D eigenvalue weighted by atomic mass is 14.6. The zero-order chi connectivity index (χ0) is 17.1. The minimum atomic E-state index is 1.20. The lowest BCUT2D eigenvalue weighted by Gasteiger charge is -2.15. The van der Waals surface area contributed by atoms with Crippen molar-refractivity contribution in [2.24, 2.45) is 0 Å². The van der Waals surface area contributed by atoms with E-state index < -0.39 is 0 Å². The van der Waals surface area contributed by atoms with Crippen molar-refractivity contribution >= 4 is 43.1 Å². The molecule has 5 aromatic carbocycles. The average molecular weight is 329 g/mol. The largest absolute Gasteiger partial charge is 0.264 e. The van der Waals surface area contributed by atoms with Crippen LogP contribution in [0.1, 0.15) is 0 Å². The van der Waals surface area contributed by atoms with Gasteiger partial charge in [-0.25, -0.2) is 0 Å². The Morgan fingerprint density at radius 2 is 1.12 bits per heavy atom. The number of hydrogen-bond donors (Lipinski definition) is 0. The molecule has 120 valence electrons. The van der Waals surface area contributed by atoms with Crippen molar-refractivity contribution in [2.75, 3.05) is 0 Å². The molecule has 26 heavy (non-hydrogen) atoms. The number of fused-ring (bicyclic) bond motifs is 1. The zero-order valence-electron chi connectivity index (χ0n) is 14.1. The highest BCUT2D eigenvalue weighted by molar-refractivity contribution is 6.26. The van der Waals surface area contributed by atoms with Gasteiger partial charge in [-0.05, 0) is 54.9 Å². The van der Waals surface area contributed by atoms with E-state index in [1.54, 1.807) is 0 Å². The Morgan fingerprint density at radius 1 is 0.462 bits per heavy atom. The SMILES string of the molecule is c1cc(-c2ccc3ccc4cccc5ccc2c3c45)c2cnccc2c1. The van der Waals surface area contributed by atoms with Crippen LogP contribution in [-0.2, 0) is 0 Å². The van der Waals surface area contributed by atoms with Gasteiger partial charge in [0.1, 0.15) is 0 Å². The van der Waals surface area contributed by atoms with E-state index in [0.29, 0.717) is 0 Å². The Labute approximate surface area is 150 Å². The molecule has 0 spiro atoms. The molecular formula is C25H15N. The van der Waals surface area contributed by atoms with E-state index in [4.69, 9.17) is 0 Å². The summed E-state index contributed by atoms with van der Waals surface area (Å²) >= 11 is 0. The van der Waals surface area contributed by atoms with Crippen LogP contribution in [0.3, 0.4) is 0 Å². The number of hydrogen-bond acceptors (Lipinski definition) is 1. The van der Waals surface area contributed by atoms with Gasteiger partial charge in [0.25, 0.3) is 0 Å². The first-order chi connectivity index (χ1) is 12.9. The second kappa shape index (κ2) is 5.03. The van der Waals surface area contributed by atoms with E-state index in [1.165, 1.54) is 54.2 Å². The van der Waals surface area contributed by atoms with Crippen LogP contribution in [0.5, 0.6) is 0 Å². The summed E-state index contributed by atoms with van der Waals surface area (Å²) in [5.74, 6) is 0. The fourth-order valence-electron chi connectivity index (χ4n) is 4.32. The summed E-state index contributed by atoms with van der Waals surface area (Å²) in [6.07, 6.45) is 3.83. The summed E-state index contributed by atoms with van der Waals surface area (Å²) in [5.41, 5.74) is 2.52. The maximum absolute atomic E-state index is 4.36. The Hall–Kier alpha value is -3.45. The van der Waals surface area contributed by atoms with E-state index in [-0.39, 0.29) is 0 Å². The molecule has 1 heteroatoms. The second-order valence-corrected chi connectivity index (χ2v) is 6.87. The molecule has 1 nitrogen and oxygen atoms in total. The molecule has 0 saturated heterocycles. The van der Waals surface area contributed by atoms with Crippen molar-refractivity contribution in [2.45, 2.75) is 0 Å². The lowest BCUT2D eigenvalue weighted by molar-refractivity contribution is 1.36. The summed E-state index contributed by atoms with van der Waals surface area (Å²) in [7, 11) is 0. The summed E-state index contributed by atoms with van der Waals surface area (Å²) in [5, 5.41) is 10.4. The number of rotatable bonds is 1. The van der Waals surface area contributed by atoms with Crippen LogP contribution in [0.15, 0.2) is 91.3 Å². The molecule has 0 bridgehead atoms. The minimum Gasteiger partial charge on any atom is -0.264 e. The monoisotopic (exact) mass is 329 g/mol. The average Bonchev–Trinajstić information content (AvgIpc) is 2.71. The van der Waals surface area contributed by atoms with Crippen molar-refractivity contribution < 1.29 is 0 Å². The van der Waals surface area contributed by atoms with Gasteiger partial charge in [-0.3, -0.25) is 4.98 Å². The maximum atomic E-state index is 4.36. The molecule has 0 amide bonds. The van der Waals surface area contributed by atoms with Crippen molar-refractivity contribution in [3.8, 4) is 11.1 Å². The van der Waals surface area contributed by atoms with Gasteiger partial charge < -0.3 is 0 Å². The predicted molar refractivity (Wildman–Crippen MR) is 111 cm³/mol. The first-order valence-corrected chi connectivity index (χ1v) is 8.90. The van der Waals surface area contributed by atoms with Gasteiger partial charge in [-0.1, -0.05) is 72.8 Å². The van der Waals surface area contributed by atoms with Crippen molar-refractivity contribution in [3.63, 3.8) is 0 Å². The molecule has 1 aromatic heterocycles. The molecule has 6 rings (SSSR count). The molecule has 0 atom stereocenters. The fraction of sp³-hybridized carbons (Fsp3) is 0. The summed E-state index contributed by atoms with van der Waals surface area (Å²) in [6, 6.07) is 28.6. The van der Waals surface area contributed by atoms with E-state index in [2.05, 4.69) is 83.8 Å². The van der Waals surface area contributed by atoms with Gasteiger partial charge in [0.2, 0.25) is 0 Å². The van der Waals surface area contributed by atoms with Crippen LogP contribution in [0, 0.1) is 0 Å². The second-order valence-electron chi connectivity index (χ2n) is 6.87. The van der Waals surface area contributed by atoms with Gasteiger partial charge in [-0.2, -0.15) is 0 Å². The van der Waals surface area contributed by atoms with Crippen LogP contribution in [0.25, 0.3) is 54.2 Å². The first kappa shape index (κ1) is 13.8. The number of aromatic nitrogens is 1. The third-order valence-electron chi connectivity index (χ3n) is 5.50. The topological polar surface area (TPSA) is 12.9 Å². The van der Waals surface area contributed by atoms with Crippen LogP contribution in [0.2, 0.25) is 0 Å². The molecule has 0 aliphatic carbocycles. The summed E-state index contributed by atoms with van der Waals surface area (Å²) in [4.78, 5) is 4.36. The minimum absolute atomic E-state index is 1.20. The molecule has 6 aromatic rings. The maximum Gasteiger partial charge on any atom is 0.0352 e. The summed E-state index contributed by atoms with van der Waals surface area (Å²) in [6.45, 7) is 0. The molecule has 0 aliphatic heterocycles. The molecule has 0 fully saturated rings. The highest BCUT2D eigenvalue weighted by Gasteiger charge is 2.13. The third kappa shape index (κ3) is 1.77. The van der Waals surface area contributed by atoms with Gasteiger partial charge in [0.15, 0.2) is 0 Å². The van der Waals surface area contributed by atoms with Crippen LogP contribution in [0.4, 0.5) is 0 Å². The highest BCUT2D eigenvalue weighted by Crippen LogP contribution is 2.40. The first-order valence-electron chi connectivity index (χ1n) is 8.90. The molecule has 0 N–H and O–H groups in total. The number of benzene rings is 5. The lowest BCUT2D eigenvalue weighted by atomic mass is 9.89. The Bertz CT molecular complexity index is 1410. The Balaban J connectivity index is 1.82. The lowest BCUT2D eigenvalue weighted by Crippen LogP contribution is -1.88. The van der Waals surface area contributed by atoms with Gasteiger partial charge in [0.05, 0.1) is 0 Å². The molecule has 0 aliphatic rings. The van der Waals surface area contributed by atoms with Gasteiger partial charge in [0, 0.05) is 17.8 Å². The molecular weight excluding hydrogens is 314 g/mol. The Kier molecular flexibility index (Phi) is 2.67. The van der Waals surface area contributed by atoms with Crippen molar-refractivity contribution in [1.29, 1.82) is 0 Å². The van der Waals surface area contributed by atoms with Gasteiger partial charge >= 0.3 is 0 Å². The fourth-order valence-corrected chi connectivity index (χ4v) is 4.32.